The zero-order chi connectivity index (χ0) is 19.2. The molecule has 2 aromatic carbocycles. The number of nitrogens with one attached hydrogen (secondary N) is 1. The van der Waals surface area contributed by atoms with Crippen molar-refractivity contribution in [2.45, 2.75) is 0 Å². The number of benzene rings is 2. The predicted octanol–water partition coefficient (Wildman–Crippen LogP) is 2.47. The Morgan fingerprint density at radius 2 is 1.79 bits per heavy atom. The van der Waals surface area contributed by atoms with Crippen LogP contribution in [0.4, 0.5) is 0 Å². The fourth-order valence-electron chi connectivity index (χ4n) is 3.15. The molecule has 144 valence electrons. The van der Waals surface area contributed by atoms with Crippen molar-refractivity contribution in [3.63, 3.8) is 0 Å². The van der Waals surface area contributed by atoms with Crippen LogP contribution >= 0.6 is 0 Å². The lowest BCUT2D eigenvalue weighted by Gasteiger charge is -2.26. The Labute approximate surface area is 163 Å². The lowest BCUT2D eigenvalue weighted by Crippen LogP contribution is -2.41. The van der Waals surface area contributed by atoms with Gasteiger partial charge in [-0.3, -0.25) is 9.69 Å². The summed E-state index contributed by atoms with van der Waals surface area (Å²) in [6.07, 6.45) is 0. The molecule has 0 radical (unpaired) electrons. The van der Waals surface area contributed by atoms with Crippen LogP contribution in [0.15, 0.2) is 59.1 Å². The number of carbonyl (C=O) groups excluding carboxylic acids is 1. The van der Waals surface area contributed by atoms with Crippen molar-refractivity contribution >= 4 is 5.91 Å². The van der Waals surface area contributed by atoms with E-state index in [2.05, 4.69) is 20.4 Å². The van der Waals surface area contributed by atoms with E-state index in [9.17, 15) is 4.79 Å². The normalized spacial score (nSPS) is 14.7. The summed E-state index contributed by atoms with van der Waals surface area (Å²) >= 11 is 0. The van der Waals surface area contributed by atoms with Gasteiger partial charge in [0.15, 0.2) is 0 Å². The molecule has 1 N–H and O–H groups in total. The Hall–Kier alpha value is -3.03. The minimum absolute atomic E-state index is 0.150. The van der Waals surface area contributed by atoms with Crippen molar-refractivity contribution in [3.8, 4) is 22.8 Å². The largest absolute Gasteiger partial charge is 0.379 e. The molecule has 0 bridgehead atoms. The lowest BCUT2D eigenvalue weighted by molar-refractivity contribution is 0.0383. The molecule has 7 heteroatoms. The molecule has 2 heterocycles. The zero-order valence-electron chi connectivity index (χ0n) is 15.5. The molecule has 28 heavy (non-hydrogen) atoms. The van der Waals surface area contributed by atoms with Crippen LogP contribution in [0.5, 0.6) is 0 Å². The van der Waals surface area contributed by atoms with Gasteiger partial charge in [0.1, 0.15) is 0 Å². The van der Waals surface area contributed by atoms with Gasteiger partial charge < -0.3 is 14.6 Å². The van der Waals surface area contributed by atoms with E-state index < -0.39 is 0 Å². The van der Waals surface area contributed by atoms with Crippen molar-refractivity contribution in [2.24, 2.45) is 0 Å². The van der Waals surface area contributed by atoms with Crippen LogP contribution in [0.3, 0.4) is 0 Å². The van der Waals surface area contributed by atoms with Gasteiger partial charge in [-0.15, -0.1) is 0 Å². The summed E-state index contributed by atoms with van der Waals surface area (Å²) in [7, 11) is 0. The number of rotatable bonds is 6. The first kappa shape index (κ1) is 18.3. The predicted molar refractivity (Wildman–Crippen MR) is 105 cm³/mol. The highest BCUT2D eigenvalue weighted by atomic mass is 16.5. The van der Waals surface area contributed by atoms with Gasteiger partial charge in [-0.05, 0) is 12.1 Å². The average molecular weight is 378 g/mol. The molecule has 1 saturated heterocycles. The van der Waals surface area contributed by atoms with E-state index in [4.69, 9.17) is 9.26 Å². The number of hydrogen-bond acceptors (Lipinski definition) is 6. The Balaban J connectivity index is 1.46. The second-order valence-electron chi connectivity index (χ2n) is 6.54. The number of aromatic nitrogens is 2. The monoisotopic (exact) mass is 378 g/mol. The molecule has 1 fully saturated rings. The van der Waals surface area contributed by atoms with E-state index in [1.807, 2.05) is 48.5 Å². The molecular formula is C21H22N4O3. The van der Waals surface area contributed by atoms with E-state index >= 15 is 0 Å². The molecule has 1 aromatic heterocycles. The Morgan fingerprint density at radius 1 is 1.04 bits per heavy atom. The maximum Gasteiger partial charge on any atom is 0.259 e. The Kier molecular flexibility index (Phi) is 5.75. The number of nitrogens with zero attached hydrogens (tertiary/aromatic N) is 3. The molecule has 3 aromatic rings. The van der Waals surface area contributed by atoms with Crippen molar-refractivity contribution in [1.82, 2.24) is 20.4 Å². The highest BCUT2D eigenvalue weighted by Crippen LogP contribution is 2.25. The average Bonchev–Trinajstić information content (AvgIpc) is 3.25. The molecule has 0 saturated carbocycles. The molecule has 7 nitrogen and oxygen atoms in total. The third kappa shape index (κ3) is 4.27. The minimum atomic E-state index is -0.150. The molecule has 0 unspecified atom stereocenters. The van der Waals surface area contributed by atoms with Gasteiger partial charge >= 0.3 is 0 Å². The summed E-state index contributed by atoms with van der Waals surface area (Å²) in [6, 6.07) is 16.9. The van der Waals surface area contributed by atoms with Crippen LogP contribution in [0.25, 0.3) is 22.8 Å². The molecule has 1 aliphatic rings. The van der Waals surface area contributed by atoms with Crippen molar-refractivity contribution in [2.75, 3.05) is 39.4 Å². The first-order valence-electron chi connectivity index (χ1n) is 9.38. The molecule has 1 amide bonds. The highest BCUT2D eigenvalue weighted by molar-refractivity contribution is 6.00. The quantitative estimate of drug-likeness (QED) is 0.710. The molecule has 0 spiro atoms. The SMILES string of the molecule is O=C(NCCN1CCOCC1)c1ccccc1-c1nc(-c2ccccc2)no1. The Morgan fingerprint density at radius 3 is 2.61 bits per heavy atom. The standard InChI is InChI=1S/C21H22N4O3/c26-20(22-10-11-25-12-14-27-15-13-25)17-8-4-5-9-18(17)21-23-19(24-28-21)16-6-2-1-3-7-16/h1-9H,10-15H2,(H,22,26). The van der Waals surface area contributed by atoms with Crippen LogP contribution in [0.2, 0.25) is 0 Å². The molecule has 0 atom stereocenters. The molecule has 4 rings (SSSR count). The van der Waals surface area contributed by atoms with Gasteiger partial charge in [-0.2, -0.15) is 4.98 Å². The number of ether oxygens (including phenoxy) is 1. The van der Waals surface area contributed by atoms with E-state index in [0.717, 1.165) is 38.4 Å². The third-order valence-electron chi connectivity index (χ3n) is 4.68. The number of hydrogen-bond donors (Lipinski definition) is 1. The van der Waals surface area contributed by atoms with Crippen LogP contribution < -0.4 is 5.32 Å². The smallest absolute Gasteiger partial charge is 0.259 e. The van der Waals surface area contributed by atoms with E-state index in [1.165, 1.54) is 0 Å². The van der Waals surface area contributed by atoms with Crippen molar-refractivity contribution in [3.05, 3.63) is 60.2 Å². The van der Waals surface area contributed by atoms with Crippen LogP contribution in [-0.2, 0) is 4.74 Å². The summed E-state index contributed by atoms with van der Waals surface area (Å²) in [5.74, 6) is 0.680. The maximum atomic E-state index is 12.7. The lowest BCUT2D eigenvalue weighted by atomic mass is 10.1. The first-order chi connectivity index (χ1) is 13.8. The van der Waals surface area contributed by atoms with Crippen molar-refractivity contribution < 1.29 is 14.1 Å². The van der Waals surface area contributed by atoms with Gasteiger partial charge in [0.2, 0.25) is 5.82 Å². The second-order valence-corrected chi connectivity index (χ2v) is 6.54. The van der Waals surface area contributed by atoms with Crippen molar-refractivity contribution in [1.29, 1.82) is 0 Å². The van der Waals surface area contributed by atoms with Gasteiger partial charge in [0.25, 0.3) is 11.8 Å². The third-order valence-corrected chi connectivity index (χ3v) is 4.68. The fourth-order valence-corrected chi connectivity index (χ4v) is 3.15. The van der Waals surface area contributed by atoms with Gasteiger partial charge in [0, 0.05) is 31.7 Å². The summed E-state index contributed by atoms with van der Waals surface area (Å²) in [5.41, 5.74) is 2.01. The summed E-state index contributed by atoms with van der Waals surface area (Å²) in [6.45, 7) is 4.67. The topological polar surface area (TPSA) is 80.5 Å². The van der Waals surface area contributed by atoms with E-state index in [-0.39, 0.29) is 5.91 Å². The van der Waals surface area contributed by atoms with Gasteiger partial charge in [-0.25, -0.2) is 0 Å². The first-order valence-corrected chi connectivity index (χ1v) is 9.38. The summed E-state index contributed by atoms with van der Waals surface area (Å²) < 4.78 is 10.8. The fraction of sp³-hybridized carbons (Fsp3) is 0.286. The van der Waals surface area contributed by atoms with Gasteiger partial charge in [-0.1, -0.05) is 47.6 Å². The number of amides is 1. The Bertz CT molecular complexity index is 920. The summed E-state index contributed by atoms with van der Waals surface area (Å²) in [5, 5.41) is 7.03. The van der Waals surface area contributed by atoms with Crippen LogP contribution in [-0.4, -0.2) is 60.3 Å². The van der Waals surface area contributed by atoms with Crippen LogP contribution in [0.1, 0.15) is 10.4 Å². The maximum absolute atomic E-state index is 12.7. The highest BCUT2D eigenvalue weighted by Gasteiger charge is 2.18. The number of carbonyl (C=O) groups is 1. The summed E-state index contributed by atoms with van der Waals surface area (Å²) in [4.78, 5) is 19.5. The number of morpholine rings is 1. The second kappa shape index (κ2) is 8.77. The van der Waals surface area contributed by atoms with E-state index in [0.29, 0.717) is 29.4 Å². The minimum Gasteiger partial charge on any atom is -0.379 e. The van der Waals surface area contributed by atoms with E-state index in [1.54, 1.807) is 6.07 Å². The van der Waals surface area contributed by atoms with Gasteiger partial charge in [0.05, 0.1) is 24.3 Å². The molecular weight excluding hydrogens is 356 g/mol. The van der Waals surface area contributed by atoms with Crippen LogP contribution in [0, 0.1) is 0 Å². The molecule has 0 aliphatic carbocycles. The zero-order valence-corrected chi connectivity index (χ0v) is 15.5. The molecule has 1 aliphatic heterocycles.